The van der Waals surface area contributed by atoms with E-state index in [-0.39, 0.29) is 23.2 Å². The van der Waals surface area contributed by atoms with Gasteiger partial charge < -0.3 is 18.6 Å². The molecule has 0 atom stereocenters. The van der Waals surface area contributed by atoms with Gasteiger partial charge in [-0.2, -0.15) is 0 Å². The van der Waals surface area contributed by atoms with Gasteiger partial charge in [-0.25, -0.2) is 4.79 Å². The molecule has 0 fully saturated rings. The number of carbonyl (C=O) groups is 1. The second-order valence-corrected chi connectivity index (χ2v) is 6.66. The fourth-order valence-electron chi connectivity index (χ4n) is 2.15. The molecule has 130 valence electrons. The number of ether oxygens (including phenoxy) is 3. The molecule has 0 spiro atoms. The molecule has 24 heavy (non-hydrogen) atoms. The Hall–Kier alpha value is -2.50. The molecule has 0 saturated carbocycles. The highest BCUT2D eigenvalue weighted by molar-refractivity contribution is 5.90. The van der Waals surface area contributed by atoms with Crippen molar-refractivity contribution >= 4 is 16.9 Å². The van der Waals surface area contributed by atoms with Crippen LogP contribution in [0.2, 0.25) is 0 Å². The van der Waals surface area contributed by atoms with Gasteiger partial charge in [0, 0.05) is 6.92 Å². The third-order valence-electron chi connectivity index (χ3n) is 2.83. The summed E-state index contributed by atoms with van der Waals surface area (Å²) >= 11 is 0. The molecular formula is C18H22O6. The van der Waals surface area contributed by atoms with Gasteiger partial charge in [0.1, 0.15) is 5.60 Å². The number of rotatable bonds is 4. The van der Waals surface area contributed by atoms with Gasteiger partial charge >= 0.3 is 11.6 Å². The molecule has 0 aliphatic carbocycles. The van der Waals surface area contributed by atoms with Crippen molar-refractivity contribution in [2.24, 2.45) is 0 Å². The number of benzene rings is 1. The summed E-state index contributed by atoms with van der Waals surface area (Å²) in [4.78, 5) is 23.6. The Balaban J connectivity index is 2.76. The van der Waals surface area contributed by atoms with Crippen LogP contribution in [0.5, 0.6) is 17.2 Å². The van der Waals surface area contributed by atoms with E-state index in [0.29, 0.717) is 11.1 Å². The van der Waals surface area contributed by atoms with E-state index in [0.717, 1.165) is 0 Å². The summed E-state index contributed by atoms with van der Waals surface area (Å²) in [6.45, 7) is 10.5. The lowest BCUT2D eigenvalue weighted by molar-refractivity contribution is -0.132. The van der Waals surface area contributed by atoms with Crippen LogP contribution in [0.15, 0.2) is 27.4 Å². The van der Waals surface area contributed by atoms with E-state index < -0.39 is 17.2 Å². The number of carbonyl (C=O) groups excluding carboxylic acids is 1. The number of fused-ring (bicyclic) bond motifs is 1. The molecule has 0 aliphatic heterocycles. The van der Waals surface area contributed by atoms with Crippen LogP contribution in [0, 0.1) is 0 Å². The monoisotopic (exact) mass is 334 g/mol. The highest BCUT2D eigenvalue weighted by Gasteiger charge is 2.23. The van der Waals surface area contributed by atoms with E-state index >= 15 is 0 Å². The first-order valence-electron chi connectivity index (χ1n) is 7.72. The summed E-state index contributed by atoms with van der Waals surface area (Å²) in [6.07, 6.45) is -0.225. The molecule has 1 aromatic heterocycles. The summed E-state index contributed by atoms with van der Waals surface area (Å²) < 4.78 is 22.0. The van der Waals surface area contributed by atoms with Gasteiger partial charge in [-0.05, 0) is 46.8 Å². The Morgan fingerprint density at radius 1 is 1.17 bits per heavy atom. The van der Waals surface area contributed by atoms with Crippen molar-refractivity contribution in [1.29, 1.82) is 0 Å². The first-order chi connectivity index (χ1) is 11.1. The van der Waals surface area contributed by atoms with Crippen molar-refractivity contribution in [3.8, 4) is 17.2 Å². The fraction of sp³-hybridized carbons (Fsp3) is 0.444. The highest BCUT2D eigenvalue weighted by Crippen LogP contribution is 2.38. The first-order valence-corrected chi connectivity index (χ1v) is 7.72. The standard InChI is InChI=1S/C18H22O6/c1-10(2)21-15-12-8-7-9-13(24-18(4,5)6)14(12)23-17(20)16(15)22-11(3)19/h7-10H,1-6H3. The van der Waals surface area contributed by atoms with E-state index in [1.807, 2.05) is 34.6 Å². The molecule has 2 aromatic rings. The second-order valence-electron chi connectivity index (χ2n) is 6.66. The van der Waals surface area contributed by atoms with Crippen LogP contribution in [-0.2, 0) is 4.79 Å². The molecule has 0 amide bonds. The fourth-order valence-corrected chi connectivity index (χ4v) is 2.15. The second kappa shape index (κ2) is 6.55. The van der Waals surface area contributed by atoms with Crippen molar-refractivity contribution in [3.05, 3.63) is 28.6 Å². The molecule has 0 saturated heterocycles. The zero-order chi connectivity index (χ0) is 18.1. The Morgan fingerprint density at radius 3 is 2.38 bits per heavy atom. The van der Waals surface area contributed by atoms with Crippen LogP contribution >= 0.6 is 0 Å². The van der Waals surface area contributed by atoms with Gasteiger partial charge in [0.25, 0.3) is 5.75 Å². The molecule has 1 aromatic carbocycles. The van der Waals surface area contributed by atoms with Gasteiger partial charge in [-0.1, -0.05) is 6.07 Å². The van der Waals surface area contributed by atoms with Crippen LogP contribution in [0.3, 0.4) is 0 Å². The maximum Gasteiger partial charge on any atom is 0.383 e. The lowest BCUT2D eigenvalue weighted by Crippen LogP contribution is -2.23. The third-order valence-corrected chi connectivity index (χ3v) is 2.83. The van der Waals surface area contributed by atoms with Crippen LogP contribution in [0.1, 0.15) is 41.5 Å². The smallest absolute Gasteiger partial charge is 0.383 e. The molecule has 2 rings (SSSR count). The minimum absolute atomic E-state index is 0.172. The molecule has 0 bridgehead atoms. The lowest BCUT2D eigenvalue weighted by atomic mass is 10.1. The average molecular weight is 334 g/mol. The van der Waals surface area contributed by atoms with Crippen LogP contribution in [0.4, 0.5) is 0 Å². The maximum absolute atomic E-state index is 12.3. The molecular weight excluding hydrogens is 312 g/mol. The van der Waals surface area contributed by atoms with Gasteiger partial charge in [-0.3, -0.25) is 4.79 Å². The van der Waals surface area contributed by atoms with Crippen LogP contribution in [0.25, 0.3) is 11.0 Å². The predicted molar refractivity (Wildman–Crippen MR) is 89.9 cm³/mol. The SMILES string of the molecule is CC(=O)Oc1c(OC(C)C)c2cccc(OC(C)(C)C)c2oc1=O. The van der Waals surface area contributed by atoms with E-state index in [1.54, 1.807) is 18.2 Å². The van der Waals surface area contributed by atoms with E-state index in [9.17, 15) is 9.59 Å². The molecule has 1 heterocycles. The van der Waals surface area contributed by atoms with Crippen molar-refractivity contribution < 1.29 is 23.4 Å². The summed E-state index contributed by atoms with van der Waals surface area (Å²) in [5.41, 5.74) is -1.01. The summed E-state index contributed by atoms with van der Waals surface area (Å²) in [6, 6.07) is 5.19. The topological polar surface area (TPSA) is 75.0 Å². The normalized spacial score (nSPS) is 11.6. The maximum atomic E-state index is 12.3. The van der Waals surface area contributed by atoms with E-state index in [4.69, 9.17) is 18.6 Å². The first kappa shape index (κ1) is 17.8. The molecule has 6 heteroatoms. The van der Waals surface area contributed by atoms with Crippen molar-refractivity contribution in [1.82, 2.24) is 0 Å². The zero-order valence-corrected chi connectivity index (χ0v) is 14.8. The molecule has 6 nitrogen and oxygen atoms in total. The van der Waals surface area contributed by atoms with Crippen molar-refractivity contribution in [2.45, 2.75) is 53.2 Å². The zero-order valence-electron chi connectivity index (χ0n) is 14.8. The van der Waals surface area contributed by atoms with Crippen molar-refractivity contribution in [3.63, 3.8) is 0 Å². The average Bonchev–Trinajstić information content (AvgIpc) is 2.41. The summed E-state index contributed by atoms with van der Waals surface area (Å²) in [5.74, 6) is -0.292. The minimum atomic E-state index is -0.793. The Bertz CT molecular complexity index is 811. The Kier molecular flexibility index (Phi) is 4.87. The lowest BCUT2D eigenvalue weighted by Gasteiger charge is -2.22. The van der Waals surface area contributed by atoms with Gasteiger partial charge in [-0.15, -0.1) is 0 Å². The number of para-hydroxylation sites is 1. The highest BCUT2D eigenvalue weighted by atomic mass is 16.6. The molecule has 0 radical (unpaired) electrons. The van der Waals surface area contributed by atoms with Gasteiger partial charge in [0.2, 0.25) is 0 Å². The van der Waals surface area contributed by atoms with Gasteiger partial charge in [0.15, 0.2) is 17.1 Å². The third kappa shape index (κ3) is 4.07. The Labute approximate surface area is 140 Å². The Morgan fingerprint density at radius 2 is 1.83 bits per heavy atom. The molecule has 0 aliphatic rings. The number of hydrogen-bond donors (Lipinski definition) is 0. The largest absolute Gasteiger partial charge is 0.486 e. The van der Waals surface area contributed by atoms with E-state index in [1.165, 1.54) is 6.92 Å². The van der Waals surface area contributed by atoms with E-state index in [2.05, 4.69) is 0 Å². The summed E-state index contributed by atoms with van der Waals surface area (Å²) in [5, 5.41) is 0.501. The number of hydrogen-bond acceptors (Lipinski definition) is 6. The summed E-state index contributed by atoms with van der Waals surface area (Å²) in [7, 11) is 0. The quantitative estimate of drug-likeness (QED) is 0.627. The van der Waals surface area contributed by atoms with Crippen LogP contribution < -0.4 is 19.8 Å². The van der Waals surface area contributed by atoms with Gasteiger partial charge in [0.05, 0.1) is 11.5 Å². The minimum Gasteiger partial charge on any atom is -0.486 e. The molecule has 0 unspecified atom stereocenters. The van der Waals surface area contributed by atoms with Crippen LogP contribution in [-0.4, -0.2) is 17.7 Å². The number of esters is 1. The molecule has 0 N–H and O–H groups in total. The van der Waals surface area contributed by atoms with Crippen molar-refractivity contribution in [2.75, 3.05) is 0 Å². The predicted octanol–water partition coefficient (Wildman–Crippen LogP) is 3.68.